The molecule has 7 fully saturated rings. The summed E-state index contributed by atoms with van der Waals surface area (Å²) >= 11 is 0. The van der Waals surface area contributed by atoms with Gasteiger partial charge in [0.1, 0.15) is 12.6 Å². The number of aliphatic carboxylic acids is 1. The van der Waals surface area contributed by atoms with E-state index in [1.165, 1.54) is 0 Å². The molecule has 2 heterocycles. The Morgan fingerprint density at radius 3 is 2.36 bits per heavy atom. The number of ketones is 2. The van der Waals surface area contributed by atoms with Crippen LogP contribution in [0.4, 0.5) is 11.4 Å². The number of allylic oxidation sites excluding steroid dienone is 4. The number of rotatable bonds is 16. The fourth-order valence-corrected chi connectivity index (χ4v) is 16.3. The van der Waals surface area contributed by atoms with Crippen LogP contribution in [0.15, 0.2) is 96.6 Å². The number of carboxylic acid groups (broad SMARTS) is 1. The highest BCUT2D eigenvalue weighted by molar-refractivity contribution is 6.01. The molecule has 0 spiro atoms. The Morgan fingerprint density at radius 2 is 1.61 bits per heavy atom. The van der Waals surface area contributed by atoms with E-state index >= 15 is 0 Å². The third-order valence-corrected chi connectivity index (χ3v) is 19.6. The van der Waals surface area contributed by atoms with Crippen molar-refractivity contribution in [2.75, 3.05) is 36.0 Å². The Hall–Kier alpha value is -6.89. The number of carbonyl (C=O) groups is 7. The van der Waals surface area contributed by atoms with Crippen LogP contribution in [0, 0.1) is 57.2 Å². The predicted molar refractivity (Wildman–Crippen MR) is 282 cm³/mol. The number of hydrogen-bond donors (Lipinski definition) is 6. The monoisotopic (exact) mass is 1030 g/mol. The lowest BCUT2D eigenvalue weighted by Crippen LogP contribution is -2.76. The number of nitrogens with one attached hydrogen (secondary N) is 3. The van der Waals surface area contributed by atoms with Crippen LogP contribution in [0.1, 0.15) is 107 Å². The van der Waals surface area contributed by atoms with Crippen molar-refractivity contribution in [3.63, 3.8) is 0 Å². The summed E-state index contributed by atoms with van der Waals surface area (Å²) in [6.07, 6.45) is 9.97. The van der Waals surface area contributed by atoms with Crippen molar-refractivity contribution in [2.45, 2.75) is 115 Å². The zero-order valence-electron chi connectivity index (χ0n) is 43.2. The van der Waals surface area contributed by atoms with E-state index in [-0.39, 0.29) is 78.8 Å². The Kier molecular flexibility index (Phi) is 13.0. The van der Waals surface area contributed by atoms with Gasteiger partial charge in [0.15, 0.2) is 11.6 Å². The van der Waals surface area contributed by atoms with E-state index in [4.69, 9.17) is 0 Å². The van der Waals surface area contributed by atoms with Crippen LogP contribution in [-0.4, -0.2) is 100 Å². The molecule has 4 amide bonds. The molecule has 6 N–H and O–H groups in total. The van der Waals surface area contributed by atoms with Crippen LogP contribution in [0.25, 0.3) is 0 Å². The van der Waals surface area contributed by atoms with Crippen molar-refractivity contribution >= 4 is 52.5 Å². The molecule has 0 radical (unpaired) electrons. The highest BCUT2D eigenvalue weighted by atomic mass is 16.4. The number of aliphatic hydroxyl groups excluding tert-OH is 2. The molecule has 12 rings (SSSR count). The largest absolute Gasteiger partial charge is 0.481 e. The average molecular weight is 1030 g/mol. The van der Waals surface area contributed by atoms with Gasteiger partial charge in [0.05, 0.1) is 30.3 Å². The van der Waals surface area contributed by atoms with E-state index < -0.39 is 70.8 Å². The Morgan fingerprint density at radius 1 is 0.882 bits per heavy atom. The average Bonchev–Trinajstić information content (AvgIpc) is 3.95. The number of para-hydroxylation sites is 1. The summed E-state index contributed by atoms with van der Waals surface area (Å²) in [6.45, 7) is 4.79. The Balaban J connectivity index is 0.666. The SMILES string of the molecule is C[C@]12C=CC(=O)C=C1CC[C@@H]1[C@@H]2[C@@H](O)C[C@@]2(C)[C@H]1C[C@H]1CN(c3ccc(CC45CC(NC(=O)[C@H](CCC(=O)O)NC(=O)CNC(=O)CCC(=O)N6Cc7ccccc7C#Cc7ccccc76)(C4)C5)cc3)C[C@]12C(=O)CO. The summed E-state index contributed by atoms with van der Waals surface area (Å²) in [5, 5.41) is 40.4. The van der Waals surface area contributed by atoms with Gasteiger partial charge in [-0.25, -0.2) is 0 Å². The molecule has 0 unspecified atom stereocenters. The number of amides is 4. The first kappa shape index (κ1) is 51.2. The fourth-order valence-electron chi connectivity index (χ4n) is 16.3. The van der Waals surface area contributed by atoms with Crippen molar-refractivity contribution in [1.82, 2.24) is 16.0 Å². The lowest BCUT2D eigenvalue weighted by atomic mass is 9.38. The van der Waals surface area contributed by atoms with Crippen LogP contribution in [0.3, 0.4) is 0 Å². The highest BCUT2D eigenvalue weighted by Gasteiger charge is 2.73. The number of carbonyl (C=O) groups excluding carboxylic acids is 6. The minimum atomic E-state index is -1.13. The van der Waals surface area contributed by atoms with Gasteiger partial charge in [-0.05, 0) is 140 Å². The van der Waals surface area contributed by atoms with Gasteiger partial charge >= 0.3 is 5.97 Å². The van der Waals surface area contributed by atoms with Gasteiger partial charge in [-0.15, -0.1) is 0 Å². The second kappa shape index (κ2) is 19.3. The molecule has 2 aliphatic heterocycles. The first-order valence-electron chi connectivity index (χ1n) is 27.1. The number of carboxylic acids is 1. The van der Waals surface area contributed by atoms with Crippen molar-refractivity contribution in [3.05, 3.63) is 119 Å². The van der Waals surface area contributed by atoms with E-state index in [1.54, 1.807) is 17.1 Å². The summed E-state index contributed by atoms with van der Waals surface area (Å²) < 4.78 is 0. The molecular weight excluding hydrogens is 963 g/mol. The number of hydrogen-bond acceptors (Lipinski definition) is 10. The summed E-state index contributed by atoms with van der Waals surface area (Å²) in [5.41, 5.74) is 4.12. The lowest BCUT2D eigenvalue weighted by molar-refractivity contribution is -0.166. The molecule has 3 aromatic rings. The number of Topliss-reactive ketones (excluding diaryl/α,β-unsaturated/α-hetero) is 1. The molecule has 9 aliphatic rings. The van der Waals surface area contributed by atoms with E-state index in [9.17, 15) is 48.9 Å². The quantitative estimate of drug-likeness (QED) is 0.101. The Labute approximate surface area is 442 Å². The second-order valence-electron chi connectivity index (χ2n) is 24.0. The van der Waals surface area contributed by atoms with Crippen molar-refractivity contribution < 1.29 is 48.9 Å². The summed E-state index contributed by atoms with van der Waals surface area (Å²) in [7, 11) is 0. The first-order chi connectivity index (χ1) is 36.4. The van der Waals surface area contributed by atoms with E-state index in [1.807, 2.05) is 54.6 Å². The van der Waals surface area contributed by atoms with Crippen LogP contribution in [0.5, 0.6) is 0 Å². The van der Waals surface area contributed by atoms with Gasteiger partial charge in [0.2, 0.25) is 23.6 Å². The molecule has 7 aliphatic carbocycles. The van der Waals surface area contributed by atoms with Gasteiger partial charge in [-0.1, -0.05) is 79.8 Å². The minimum Gasteiger partial charge on any atom is -0.481 e. The highest BCUT2D eigenvalue weighted by Crippen LogP contribution is 2.73. The molecule has 2 bridgehead atoms. The molecule has 15 nitrogen and oxygen atoms in total. The van der Waals surface area contributed by atoms with Gasteiger partial charge in [0, 0.05) is 66.0 Å². The summed E-state index contributed by atoms with van der Waals surface area (Å²) in [6, 6.07) is 22.3. The van der Waals surface area contributed by atoms with Crippen LogP contribution in [-0.2, 0) is 46.5 Å². The van der Waals surface area contributed by atoms with Crippen LogP contribution < -0.4 is 25.8 Å². The molecule has 15 heteroatoms. The van der Waals surface area contributed by atoms with Crippen molar-refractivity contribution in [3.8, 4) is 11.8 Å². The topological polar surface area (TPSA) is 223 Å². The molecule has 0 aromatic heterocycles. The summed E-state index contributed by atoms with van der Waals surface area (Å²) in [4.78, 5) is 95.5. The molecule has 3 aromatic carbocycles. The minimum absolute atomic E-state index is 0.000425. The maximum absolute atomic E-state index is 14.2. The third kappa shape index (κ3) is 8.75. The van der Waals surface area contributed by atoms with E-state index in [2.05, 4.69) is 70.8 Å². The molecule has 76 heavy (non-hydrogen) atoms. The normalized spacial score (nSPS) is 32.2. The fraction of sp³-hybridized carbons (Fsp3) is 0.492. The number of aliphatic hydroxyl groups is 2. The lowest BCUT2D eigenvalue weighted by Gasteiger charge is -2.71. The van der Waals surface area contributed by atoms with Gasteiger partial charge in [-0.3, -0.25) is 33.6 Å². The number of fused-ring (bicyclic) bond motifs is 9. The zero-order valence-corrected chi connectivity index (χ0v) is 43.2. The van der Waals surface area contributed by atoms with Crippen molar-refractivity contribution in [1.29, 1.82) is 0 Å². The molecular formula is C61H67N5O10. The standard InChI is InChI=1S/C61H67N5O10/c1-57-24-23-44(68)25-41(57)15-18-45-46-26-42-31-65(36-61(42,50(70)32-67)58(46,2)28-49(69)55(45)57)43-16-11-37(12-17-43)27-59-33-60(34-59,35-59)64-56(76)47(19-22-54(74)75)63-52(72)29-62-51(71)20-21-53(73)66-30-40-9-4-3-7-38(40)13-14-39-8-5-6-10-48(39)66/h3-12,16-17,23-25,42,45-47,49,55,67,69H,15,18-22,26-36H2,1-2H3,(H,62,71)(H,63,72)(H,64,76)(H,74,75)/t42-,45-,46-,47-,49-,55+,57-,58-,59?,60?,61+/m0/s1. The van der Waals surface area contributed by atoms with Crippen LogP contribution >= 0.6 is 0 Å². The van der Waals surface area contributed by atoms with E-state index in [0.717, 1.165) is 72.9 Å². The maximum atomic E-state index is 14.2. The molecule has 6 saturated carbocycles. The van der Waals surface area contributed by atoms with Crippen LogP contribution in [0.2, 0.25) is 0 Å². The van der Waals surface area contributed by atoms with Gasteiger partial charge in [0.25, 0.3) is 0 Å². The maximum Gasteiger partial charge on any atom is 0.303 e. The van der Waals surface area contributed by atoms with Crippen molar-refractivity contribution in [2.24, 2.45) is 45.3 Å². The molecule has 9 atom stereocenters. The zero-order chi connectivity index (χ0) is 53.4. The summed E-state index contributed by atoms with van der Waals surface area (Å²) in [5.74, 6) is 3.53. The second-order valence-corrected chi connectivity index (χ2v) is 24.0. The van der Waals surface area contributed by atoms with E-state index in [0.29, 0.717) is 30.8 Å². The molecule has 396 valence electrons. The Bertz CT molecular complexity index is 3040. The number of anilines is 2. The number of benzene rings is 3. The predicted octanol–water partition coefficient (Wildman–Crippen LogP) is 5.33. The first-order valence-corrected chi connectivity index (χ1v) is 27.1. The molecule has 1 saturated heterocycles. The number of nitrogens with zero attached hydrogens (tertiary/aromatic N) is 2. The van der Waals surface area contributed by atoms with Gasteiger partial charge in [-0.2, -0.15) is 0 Å². The third-order valence-electron chi connectivity index (χ3n) is 19.6. The smallest absolute Gasteiger partial charge is 0.303 e. The van der Waals surface area contributed by atoms with Gasteiger partial charge < -0.3 is 41.1 Å².